The first kappa shape index (κ1) is 18.3. The molecular weight excluding hydrogens is 319 g/mol. The highest BCUT2D eigenvalue weighted by atomic mass is 32.1. The van der Waals surface area contributed by atoms with Crippen LogP contribution in [0.3, 0.4) is 0 Å². The number of aliphatic carboxylic acids is 1. The van der Waals surface area contributed by atoms with Crippen molar-refractivity contribution in [1.82, 2.24) is 5.32 Å². The van der Waals surface area contributed by atoms with Gasteiger partial charge in [-0.15, -0.1) is 0 Å². The summed E-state index contributed by atoms with van der Waals surface area (Å²) in [6, 6.07) is 7.00. The molecule has 0 radical (unpaired) electrons. The molecule has 0 bridgehead atoms. The second-order valence-corrected chi connectivity index (χ2v) is 5.17. The van der Waals surface area contributed by atoms with Crippen LogP contribution in [0.4, 0.5) is 13.2 Å². The van der Waals surface area contributed by atoms with Crippen LogP contribution in [0.2, 0.25) is 0 Å². The number of carbonyl (C=O) groups excluding carboxylic acids is 1. The molecule has 3 atom stereocenters. The molecule has 0 aliphatic heterocycles. The lowest BCUT2D eigenvalue weighted by Crippen LogP contribution is -2.47. The average molecular weight is 335 g/mol. The molecule has 22 heavy (non-hydrogen) atoms. The number of halogens is 3. The van der Waals surface area contributed by atoms with Crippen molar-refractivity contribution in [2.75, 3.05) is 5.75 Å². The topological polar surface area (TPSA) is 66.4 Å². The maximum Gasteiger partial charge on any atom is 0.401 e. The largest absolute Gasteiger partial charge is 0.481 e. The third-order valence-electron chi connectivity index (χ3n) is 3.19. The van der Waals surface area contributed by atoms with Crippen LogP contribution >= 0.6 is 12.6 Å². The van der Waals surface area contributed by atoms with E-state index < -0.39 is 41.7 Å². The number of thiol groups is 1. The Balaban J connectivity index is 2.91. The maximum atomic E-state index is 12.7. The first-order valence-corrected chi connectivity index (χ1v) is 7.07. The number of alkyl halides is 3. The Bertz CT molecular complexity index is 522. The highest BCUT2D eigenvalue weighted by Crippen LogP contribution is 2.28. The molecule has 1 rings (SSSR count). The Morgan fingerprint density at radius 2 is 1.82 bits per heavy atom. The molecule has 0 saturated heterocycles. The number of rotatable bonds is 6. The van der Waals surface area contributed by atoms with E-state index in [1.807, 2.05) is 0 Å². The summed E-state index contributed by atoms with van der Waals surface area (Å²) in [6.07, 6.45) is -4.73. The average Bonchev–Trinajstić information content (AvgIpc) is 2.38. The van der Waals surface area contributed by atoms with Gasteiger partial charge in [0.2, 0.25) is 5.91 Å². The van der Waals surface area contributed by atoms with Gasteiger partial charge in [-0.3, -0.25) is 9.59 Å². The van der Waals surface area contributed by atoms with Gasteiger partial charge in [-0.05, 0) is 12.5 Å². The molecule has 0 aliphatic rings. The minimum Gasteiger partial charge on any atom is -0.481 e. The third kappa shape index (κ3) is 4.66. The fraction of sp³-hybridized carbons (Fsp3) is 0.429. The van der Waals surface area contributed by atoms with Crippen molar-refractivity contribution in [2.24, 2.45) is 5.92 Å². The van der Waals surface area contributed by atoms with E-state index in [0.29, 0.717) is 5.56 Å². The molecule has 0 spiro atoms. The van der Waals surface area contributed by atoms with Crippen molar-refractivity contribution in [2.45, 2.75) is 25.1 Å². The predicted octanol–water partition coefficient (Wildman–Crippen LogP) is 2.47. The zero-order chi connectivity index (χ0) is 16.9. The molecular formula is C14H16F3NO3S. The van der Waals surface area contributed by atoms with E-state index in [1.165, 1.54) is 6.92 Å². The van der Waals surface area contributed by atoms with E-state index in [1.54, 1.807) is 30.3 Å². The highest BCUT2D eigenvalue weighted by molar-refractivity contribution is 7.80. The number of hydrogen-bond donors (Lipinski definition) is 3. The first-order chi connectivity index (χ1) is 10.2. The van der Waals surface area contributed by atoms with E-state index in [9.17, 15) is 27.9 Å². The van der Waals surface area contributed by atoms with Gasteiger partial charge in [0.1, 0.15) is 11.8 Å². The molecule has 1 aromatic rings. The van der Waals surface area contributed by atoms with Crippen LogP contribution in [0.15, 0.2) is 30.3 Å². The van der Waals surface area contributed by atoms with Crippen LogP contribution in [0.5, 0.6) is 0 Å². The second-order valence-electron chi connectivity index (χ2n) is 4.80. The van der Waals surface area contributed by atoms with E-state index in [2.05, 4.69) is 17.9 Å². The van der Waals surface area contributed by atoms with Crippen molar-refractivity contribution >= 4 is 24.5 Å². The van der Waals surface area contributed by atoms with Crippen molar-refractivity contribution < 1.29 is 27.9 Å². The van der Waals surface area contributed by atoms with Crippen LogP contribution in [0.1, 0.15) is 18.4 Å². The normalized spacial score (nSPS) is 15.7. The minimum absolute atomic E-state index is 0.400. The molecule has 122 valence electrons. The summed E-state index contributed by atoms with van der Waals surface area (Å²) in [5, 5.41) is 11.4. The zero-order valence-corrected chi connectivity index (χ0v) is 12.6. The molecule has 0 aromatic heterocycles. The molecule has 1 unspecified atom stereocenters. The van der Waals surface area contributed by atoms with Gasteiger partial charge in [0, 0.05) is 11.8 Å². The Hall–Kier alpha value is -1.70. The van der Waals surface area contributed by atoms with Gasteiger partial charge < -0.3 is 10.4 Å². The van der Waals surface area contributed by atoms with Crippen LogP contribution in [-0.4, -0.2) is 35.0 Å². The minimum atomic E-state index is -4.73. The van der Waals surface area contributed by atoms with E-state index in [0.717, 1.165) is 0 Å². The van der Waals surface area contributed by atoms with E-state index in [-0.39, 0.29) is 0 Å². The van der Waals surface area contributed by atoms with Crippen LogP contribution < -0.4 is 5.32 Å². The fourth-order valence-corrected chi connectivity index (χ4v) is 2.42. The van der Waals surface area contributed by atoms with Gasteiger partial charge in [0.05, 0.1) is 0 Å². The van der Waals surface area contributed by atoms with Gasteiger partial charge in [-0.2, -0.15) is 25.8 Å². The van der Waals surface area contributed by atoms with Crippen molar-refractivity contribution in [1.29, 1.82) is 0 Å². The molecule has 4 nitrogen and oxygen atoms in total. The summed E-state index contributed by atoms with van der Waals surface area (Å²) in [4.78, 5) is 23.1. The summed E-state index contributed by atoms with van der Waals surface area (Å²) in [6.45, 7) is 1.36. The molecule has 0 saturated carbocycles. The summed E-state index contributed by atoms with van der Waals surface area (Å²) in [5.74, 6) is -6.63. The Morgan fingerprint density at radius 1 is 1.27 bits per heavy atom. The second kappa shape index (κ2) is 7.53. The molecule has 1 aromatic carbocycles. The standard InChI is InChI=1S/C14H16F3NO3S/c1-8(18-12(19)10(7-22)14(15,16)17)11(13(20)21)9-5-3-2-4-6-9/h2-6,8,10-11,22H,7H2,1H3,(H,18,19)(H,20,21)/t8-,10?,11-/m1/s1. The quantitative estimate of drug-likeness (QED) is 0.700. The lowest BCUT2D eigenvalue weighted by molar-refractivity contribution is -0.178. The van der Waals surface area contributed by atoms with Gasteiger partial charge >= 0.3 is 12.1 Å². The van der Waals surface area contributed by atoms with E-state index in [4.69, 9.17) is 0 Å². The van der Waals surface area contributed by atoms with Gasteiger partial charge in [0.15, 0.2) is 0 Å². The lowest BCUT2D eigenvalue weighted by atomic mass is 9.92. The molecule has 2 N–H and O–H groups in total. The lowest BCUT2D eigenvalue weighted by Gasteiger charge is -2.25. The summed E-state index contributed by atoms with van der Waals surface area (Å²) in [5.41, 5.74) is 0.400. The summed E-state index contributed by atoms with van der Waals surface area (Å²) in [7, 11) is 0. The monoisotopic (exact) mass is 335 g/mol. The van der Waals surface area contributed by atoms with Gasteiger partial charge in [-0.1, -0.05) is 30.3 Å². The number of hydrogen-bond acceptors (Lipinski definition) is 3. The van der Waals surface area contributed by atoms with Crippen molar-refractivity contribution in [3.8, 4) is 0 Å². The molecule has 1 amide bonds. The number of amides is 1. The van der Waals surface area contributed by atoms with Crippen LogP contribution in [0, 0.1) is 5.92 Å². The highest BCUT2D eigenvalue weighted by Gasteiger charge is 2.44. The summed E-state index contributed by atoms with van der Waals surface area (Å²) < 4.78 is 38.0. The van der Waals surface area contributed by atoms with Gasteiger partial charge in [0.25, 0.3) is 0 Å². The SMILES string of the molecule is C[C@@H](NC(=O)C(CS)C(F)(F)F)[C@@H](C(=O)O)c1ccccc1. The van der Waals surface area contributed by atoms with Crippen molar-refractivity contribution in [3.05, 3.63) is 35.9 Å². The maximum absolute atomic E-state index is 12.7. The van der Waals surface area contributed by atoms with Crippen LogP contribution in [-0.2, 0) is 9.59 Å². The number of carboxylic acid groups (broad SMARTS) is 1. The Morgan fingerprint density at radius 3 is 2.23 bits per heavy atom. The predicted molar refractivity (Wildman–Crippen MR) is 77.8 cm³/mol. The molecule has 8 heteroatoms. The fourth-order valence-electron chi connectivity index (χ4n) is 2.05. The number of carbonyl (C=O) groups is 2. The molecule has 0 fully saturated rings. The zero-order valence-electron chi connectivity index (χ0n) is 11.7. The van der Waals surface area contributed by atoms with Gasteiger partial charge in [-0.25, -0.2) is 0 Å². The number of nitrogens with one attached hydrogen (secondary N) is 1. The number of benzene rings is 1. The molecule has 0 heterocycles. The number of carboxylic acids is 1. The molecule has 0 aliphatic carbocycles. The Kier molecular flexibility index (Phi) is 6.28. The van der Waals surface area contributed by atoms with Crippen LogP contribution in [0.25, 0.3) is 0 Å². The first-order valence-electron chi connectivity index (χ1n) is 6.44. The van der Waals surface area contributed by atoms with E-state index >= 15 is 0 Å². The van der Waals surface area contributed by atoms with Crippen molar-refractivity contribution in [3.63, 3.8) is 0 Å². The summed E-state index contributed by atoms with van der Waals surface area (Å²) >= 11 is 3.54. The third-order valence-corrected chi connectivity index (χ3v) is 3.55. The smallest absolute Gasteiger partial charge is 0.401 e. The Labute approximate surface area is 131 Å².